The largest absolute Gasteiger partial charge is 0.492 e. The summed E-state index contributed by atoms with van der Waals surface area (Å²) in [6, 6.07) is 16.2. The molecule has 0 fully saturated rings. The summed E-state index contributed by atoms with van der Waals surface area (Å²) in [5.74, 6) is 0.925. The number of aryl methyl sites for hydroxylation is 1. The molecule has 0 aromatic heterocycles. The lowest BCUT2D eigenvalue weighted by Gasteiger charge is -2.23. The Morgan fingerprint density at radius 2 is 1.81 bits per heavy atom. The van der Waals surface area contributed by atoms with E-state index >= 15 is 0 Å². The molecular formula is C18H22ClNO. The Hall–Kier alpha value is -1.67. The van der Waals surface area contributed by atoms with Crippen LogP contribution in [0.15, 0.2) is 48.5 Å². The molecule has 0 aliphatic heterocycles. The Morgan fingerprint density at radius 3 is 2.43 bits per heavy atom. The molecule has 2 aromatic carbocycles. The molecule has 0 aliphatic carbocycles. The SMILES string of the molecule is CCc1ccc(OCCN(CC)c2cccc(Cl)c2)cc1. The Labute approximate surface area is 132 Å². The van der Waals surface area contributed by atoms with Gasteiger partial charge < -0.3 is 9.64 Å². The monoisotopic (exact) mass is 303 g/mol. The van der Waals surface area contributed by atoms with E-state index in [1.54, 1.807) is 0 Å². The van der Waals surface area contributed by atoms with Gasteiger partial charge in [-0.2, -0.15) is 0 Å². The third-order valence-electron chi connectivity index (χ3n) is 3.52. The van der Waals surface area contributed by atoms with Crippen molar-refractivity contribution in [3.8, 4) is 5.75 Å². The Balaban J connectivity index is 1.88. The van der Waals surface area contributed by atoms with Gasteiger partial charge in [0.25, 0.3) is 0 Å². The zero-order valence-corrected chi connectivity index (χ0v) is 13.4. The molecule has 0 saturated heterocycles. The summed E-state index contributed by atoms with van der Waals surface area (Å²) in [5, 5.41) is 0.766. The second-order valence-electron chi connectivity index (χ2n) is 4.91. The van der Waals surface area contributed by atoms with Gasteiger partial charge in [-0.25, -0.2) is 0 Å². The maximum atomic E-state index is 6.05. The summed E-state index contributed by atoms with van der Waals surface area (Å²) in [6.07, 6.45) is 1.05. The quantitative estimate of drug-likeness (QED) is 0.728. The van der Waals surface area contributed by atoms with Crippen LogP contribution in [0.5, 0.6) is 5.75 Å². The third kappa shape index (κ3) is 4.68. The number of ether oxygens (including phenoxy) is 1. The molecule has 112 valence electrons. The van der Waals surface area contributed by atoms with Crippen LogP contribution in [0.1, 0.15) is 19.4 Å². The van der Waals surface area contributed by atoms with Crippen LogP contribution in [0, 0.1) is 0 Å². The molecule has 0 radical (unpaired) electrons. The first-order valence-electron chi connectivity index (χ1n) is 7.45. The first-order chi connectivity index (χ1) is 10.2. The fraction of sp³-hybridized carbons (Fsp3) is 0.333. The lowest BCUT2D eigenvalue weighted by molar-refractivity contribution is 0.324. The molecule has 2 rings (SSSR count). The fourth-order valence-corrected chi connectivity index (χ4v) is 2.42. The van der Waals surface area contributed by atoms with Crippen molar-refractivity contribution < 1.29 is 4.74 Å². The lowest BCUT2D eigenvalue weighted by Crippen LogP contribution is -2.28. The highest BCUT2D eigenvalue weighted by atomic mass is 35.5. The summed E-state index contributed by atoms with van der Waals surface area (Å²) in [4.78, 5) is 2.26. The van der Waals surface area contributed by atoms with Crippen LogP contribution in [0.2, 0.25) is 5.02 Å². The van der Waals surface area contributed by atoms with Crippen molar-refractivity contribution in [2.75, 3.05) is 24.6 Å². The molecule has 21 heavy (non-hydrogen) atoms. The zero-order chi connectivity index (χ0) is 15.1. The molecule has 0 aliphatic rings. The highest BCUT2D eigenvalue weighted by Gasteiger charge is 2.05. The van der Waals surface area contributed by atoms with Crippen LogP contribution in [0.3, 0.4) is 0 Å². The molecule has 0 saturated carbocycles. The van der Waals surface area contributed by atoms with E-state index in [-0.39, 0.29) is 0 Å². The molecule has 0 atom stereocenters. The number of benzene rings is 2. The van der Waals surface area contributed by atoms with Gasteiger partial charge in [-0.3, -0.25) is 0 Å². The highest BCUT2D eigenvalue weighted by molar-refractivity contribution is 6.30. The number of likely N-dealkylation sites (N-methyl/N-ethyl adjacent to an activating group) is 1. The van der Waals surface area contributed by atoms with E-state index in [2.05, 4.69) is 36.9 Å². The summed E-state index contributed by atoms with van der Waals surface area (Å²) in [7, 11) is 0. The maximum Gasteiger partial charge on any atom is 0.119 e. The van der Waals surface area contributed by atoms with Gasteiger partial charge in [0.15, 0.2) is 0 Å². The van der Waals surface area contributed by atoms with Gasteiger partial charge in [0.1, 0.15) is 12.4 Å². The predicted molar refractivity (Wildman–Crippen MR) is 90.7 cm³/mol. The van der Waals surface area contributed by atoms with E-state index in [1.807, 2.05) is 30.3 Å². The van der Waals surface area contributed by atoms with Gasteiger partial charge in [0, 0.05) is 17.3 Å². The van der Waals surface area contributed by atoms with Crippen LogP contribution >= 0.6 is 11.6 Å². The maximum absolute atomic E-state index is 6.05. The smallest absolute Gasteiger partial charge is 0.119 e. The molecule has 0 spiro atoms. The van der Waals surface area contributed by atoms with Gasteiger partial charge in [-0.1, -0.05) is 36.7 Å². The minimum Gasteiger partial charge on any atom is -0.492 e. The number of halogens is 1. The zero-order valence-electron chi connectivity index (χ0n) is 12.7. The second kappa shape index (κ2) is 7.94. The number of anilines is 1. The Morgan fingerprint density at radius 1 is 1.05 bits per heavy atom. The van der Waals surface area contributed by atoms with Gasteiger partial charge in [-0.15, -0.1) is 0 Å². The fourth-order valence-electron chi connectivity index (χ4n) is 2.24. The summed E-state index contributed by atoms with van der Waals surface area (Å²) in [6.45, 7) is 6.72. The molecule has 0 bridgehead atoms. The number of nitrogens with zero attached hydrogens (tertiary/aromatic N) is 1. The van der Waals surface area contributed by atoms with Crippen LogP contribution in [0.4, 0.5) is 5.69 Å². The average molecular weight is 304 g/mol. The van der Waals surface area contributed by atoms with Crippen LogP contribution in [-0.4, -0.2) is 19.7 Å². The Bertz CT molecular complexity index is 553. The van der Waals surface area contributed by atoms with E-state index in [4.69, 9.17) is 16.3 Å². The number of rotatable bonds is 7. The molecule has 2 aromatic rings. The number of hydrogen-bond donors (Lipinski definition) is 0. The van der Waals surface area contributed by atoms with Crippen LogP contribution in [0.25, 0.3) is 0 Å². The predicted octanol–water partition coefficient (Wildman–Crippen LogP) is 4.81. The summed E-state index contributed by atoms with van der Waals surface area (Å²) < 4.78 is 5.81. The summed E-state index contributed by atoms with van der Waals surface area (Å²) in [5.41, 5.74) is 2.46. The molecule has 3 heteroatoms. The van der Waals surface area contributed by atoms with Gasteiger partial charge in [-0.05, 0) is 49.2 Å². The van der Waals surface area contributed by atoms with Crippen molar-refractivity contribution in [1.29, 1.82) is 0 Å². The van der Waals surface area contributed by atoms with Gasteiger partial charge in [0.2, 0.25) is 0 Å². The van der Waals surface area contributed by atoms with Gasteiger partial charge >= 0.3 is 0 Å². The van der Waals surface area contributed by atoms with Crippen LogP contribution in [-0.2, 0) is 6.42 Å². The number of hydrogen-bond acceptors (Lipinski definition) is 2. The van der Waals surface area contributed by atoms with E-state index in [0.717, 1.165) is 36.0 Å². The van der Waals surface area contributed by atoms with Crippen molar-refractivity contribution >= 4 is 17.3 Å². The molecule has 0 amide bonds. The molecule has 0 N–H and O–H groups in total. The summed E-state index contributed by atoms with van der Waals surface area (Å²) >= 11 is 6.05. The van der Waals surface area contributed by atoms with Crippen molar-refractivity contribution in [3.05, 3.63) is 59.1 Å². The Kier molecular flexibility index (Phi) is 5.94. The first-order valence-corrected chi connectivity index (χ1v) is 7.83. The van der Waals surface area contributed by atoms with E-state index < -0.39 is 0 Å². The standard InChI is InChI=1S/C18H22ClNO/c1-3-15-8-10-18(11-9-15)21-13-12-20(4-2)17-7-5-6-16(19)14-17/h5-11,14H,3-4,12-13H2,1-2H3. The van der Waals surface area contributed by atoms with Crippen molar-refractivity contribution in [2.45, 2.75) is 20.3 Å². The van der Waals surface area contributed by atoms with Crippen LogP contribution < -0.4 is 9.64 Å². The van der Waals surface area contributed by atoms with E-state index in [0.29, 0.717) is 6.61 Å². The lowest BCUT2D eigenvalue weighted by atomic mass is 10.2. The minimum atomic E-state index is 0.659. The molecule has 0 heterocycles. The highest BCUT2D eigenvalue weighted by Crippen LogP contribution is 2.19. The van der Waals surface area contributed by atoms with Crippen molar-refractivity contribution in [2.24, 2.45) is 0 Å². The van der Waals surface area contributed by atoms with Gasteiger partial charge in [0.05, 0.1) is 6.54 Å². The normalized spacial score (nSPS) is 10.4. The average Bonchev–Trinajstić information content (AvgIpc) is 2.52. The molecule has 0 unspecified atom stereocenters. The molecular weight excluding hydrogens is 282 g/mol. The minimum absolute atomic E-state index is 0.659. The van der Waals surface area contributed by atoms with E-state index in [9.17, 15) is 0 Å². The van der Waals surface area contributed by atoms with E-state index in [1.165, 1.54) is 5.56 Å². The third-order valence-corrected chi connectivity index (χ3v) is 3.75. The van der Waals surface area contributed by atoms with Crippen molar-refractivity contribution in [3.63, 3.8) is 0 Å². The topological polar surface area (TPSA) is 12.5 Å². The first kappa shape index (κ1) is 15.7. The molecule has 2 nitrogen and oxygen atoms in total. The van der Waals surface area contributed by atoms with Crippen molar-refractivity contribution in [1.82, 2.24) is 0 Å². The second-order valence-corrected chi connectivity index (χ2v) is 5.34.